The van der Waals surface area contributed by atoms with Gasteiger partial charge in [0.2, 0.25) is 10.0 Å². The van der Waals surface area contributed by atoms with E-state index in [4.69, 9.17) is 11.6 Å². The SMILES string of the molecule is COC(=O)c1ccc(NC(=O)c2ccc(NS(C)(=O)=O)c(Cl)c2)cc1. The third-order valence-corrected chi connectivity index (χ3v) is 3.99. The first-order valence-electron chi connectivity index (χ1n) is 6.96. The number of halogens is 1. The minimum absolute atomic E-state index is 0.0964. The number of methoxy groups -OCH3 is 1. The van der Waals surface area contributed by atoms with E-state index in [-0.39, 0.29) is 16.3 Å². The van der Waals surface area contributed by atoms with Crippen molar-refractivity contribution in [2.45, 2.75) is 0 Å². The van der Waals surface area contributed by atoms with Crippen LogP contribution in [0.1, 0.15) is 20.7 Å². The molecule has 0 aliphatic rings. The third-order valence-electron chi connectivity index (χ3n) is 3.09. The van der Waals surface area contributed by atoms with E-state index in [1.807, 2.05) is 0 Å². The van der Waals surface area contributed by atoms with Crippen molar-refractivity contribution in [3.8, 4) is 0 Å². The molecule has 0 heterocycles. The van der Waals surface area contributed by atoms with Gasteiger partial charge in [0.1, 0.15) is 0 Å². The maximum Gasteiger partial charge on any atom is 0.337 e. The Balaban J connectivity index is 2.13. The summed E-state index contributed by atoms with van der Waals surface area (Å²) in [5.41, 5.74) is 1.27. The molecule has 0 aliphatic carbocycles. The van der Waals surface area contributed by atoms with Crippen LogP contribution in [0.3, 0.4) is 0 Å². The zero-order valence-corrected chi connectivity index (χ0v) is 14.9. The van der Waals surface area contributed by atoms with E-state index in [9.17, 15) is 18.0 Å². The van der Waals surface area contributed by atoms with Gasteiger partial charge in [-0.3, -0.25) is 9.52 Å². The van der Waals surface area contributed by atoms with Gasteiger partial charge in [0.25, 0.3) is 5.91 Å². The van der Waals surface area contributed by atoms with Crippen LogP contribution in [0.4, 0.5) is 11.4 Å². The highest BCUT2D eigenvalue weighted by molar-refractivity contribution is 7.92. The normalized spacial score (nSPS) is 10.8. The van der Waals surface area contributed by atoms with Crippen LogP contribution in [-0.2, 0) is 14.8 Å². The highest BCUT2D eigenvalue weighted by atomic mass is 35.5. The molecule has 7 nitrogen and oxygen atoms in total. The van der Waals surface area contributed by atoms with Crippen molar-refractivity contribution >= 4 is 44.9 Å². The zero-order chi connectivity index (χ0) is 18.6. The summed E-state index contributed by atoms with van der Waals surface area (Å²) in [5, 5.41) is 2.75. The quantitative estimate of drug-likeness (QED) is 0.774. The third kappa shape index (κ3) is 5.20. The standard InChI is InChI=1S/C16H15ClN2O5S/c1-24-16(21)10-3-6-12(7-4-10)18-15(20)11-5-8-14(13(17)9-11)19-25(2,22)23/h3-9,19H,1-2H3,(H,18,20). The van der Waals surface area contributed by atoms with Crippen molar-refractivity contribution in [2.24, 2.45) is 0 Å². The minimum Gasteiger partial charge on any atom is -0.465 e. The average Bonchev–Trinajstić information content (AvgIpc) is 2.55. The molecule has 2 rings (SSSR count). The van der Waals surface area contributed by atoms with Crippen molar-refractivity contribution in [1.82, 2.24) is 0 Å². The maximum absolute atomic E-state index is 12.2. The minimum atomic E-state index is -3.47. The van der Waals surface area contributed by atoms with Crippen LogP contribution in [-0.4, -0.2) is 33.7 Å². The Kier molecular flexibility index (Phi) is 5.66. The number of sulfonamides is 1. The van der Waals surface area contributed by atoms with Gasteiger partial charge in [-0.05, 0) is 42.5 Å². The van der Waals surface area contributed by atoms with Gasteiger partial charge in [0.15, 0.2) is 0 Å². The Labute approximate surface area is 150 Å². The number of benzene rings is 2. The van der Waals surface area contributed by atoms with Gasteiger partial charge in [0, 0.05) is 11.3 Å². The lowest BCUT2D eigenvalue weighted by Crippen LogP contribution is -2.13. The molecule has 0 saturated heterocycles. The van der Waals surface area contributed by atoms with Crippen LogP contribution in [0.2, 0.25) is 5.02 Å². The number of ether oxygens (including phenoxy) is 1. The van der Waals surface area contributed by atoms with E-state index >= 15 is 0 Å². The summed E-state index contributed by atoms with van der Waals surface area (Å²) >= 11 is 6.00. The molecule has 0 unspecified atom stereocenters. The second-order valence-electron chi connectivity index (χ2n) is 5.09. The Morgan fingerprint density at radius 1 is 1.04 bits per heavy atom. The van der Waals surface area contributed by atoms with E-state index < -0.39 is 21.9 Å². The van der Waals surface area contributed by atoms with Crippen molar-refractivity contribution in [1.29, 1.82) is 0 Å². The summed E-state index contributed by atoms with van der Waals surface area (Å²) in [7, 11) is -2.19. The lowest BCUT2D eigenvalue weighted by molar-refractivity contribution is 0.0600. The van der Waals surface area contributed by atoms with Crippen molar-refractivity contribution in [2.75, 3.05) is 23.4 Å². The molecule has 0 aromatic heterocycles. The number of rotatable bonds is 5. The Morgan fingerprint density at radius 2 is 1.64 bits per heavy atom. The van der Waals surface area contributed by atoms with Gasteiger partial charge in [0.05, 0.1) is 29.6 Å². The first kappa shape index (κ1) is 18.8. The highest BCUT2D eigenvalue weighted by Crippen LogP contribution is 2.24. The second kappa shape index (κ2) is 7.54. The summed E-state index contributed by atoms with van der Waals surface area (Å²) in [5.74, 6) is -0.905. The smallest absolute Gasteiger partial charge is 0.337 e. The second-order valence-corrected chi connectivity index (χ2v) is 7.25. The van der Waals surface area contributed by atoms with E-state index in [1.165, 1.54) is 37.4 Å². The predicted molar refractivity (Wildman–Crippen MR) is 95.7 cm³/mol. The first-order chi connectivity index (χ1) is 11.7. The van der Waals surface area contributed by atoms with Crippen LogP contribution in [0.25, 0.3) is 0 Å². The molecule has 0 saturated carbocycles. The predicted octanol–water partition coefficient (Wildman–Crippen LogP) is 2.75. The fourth-order valence-electron chi connectivity index (χ4n) is 1.95. The van der Waals surface area contributed by atoms with Crippen LogP contribution >= 0.6 is 11.6 Å². The molecule has 25 heavy (non-hydrogen) atoms. The molecule has 1 amide bonds. The molecule has 132 valence electrons. The Morgan fingerprint density at radius 3 is 2.16 bits per heavy atom. The highest BCUT2D eigenvalue weighted by Gasteiger charge is 2.12. The molecule has 2 N–H and O–H groups in total. The number of nitrogens with one attached hydrogen (secondary N) is 2. The average molecular weight is 383 g/mol. The number of amides is 1. The summed E-state index contributed by atoms with van der Waals surface area (Å²) < 4.78 is 29.3. The lowest BCUT2D eigenvalue weighted by Gasteiger charge is -2.09. The van der Waals surface area contributed by atoms with Crippen molar-refractivity contribution in [3.63, 3.8) is 0 Å². The van der Waals surface area contributed by atoms with Gasteiger partial charge in [-0.1, -0.05) is 11.6 Å². The van der Waals surface area contributed by atoms with Gasteiger partial charge >= 0.3 is 5.97 Å². The van der Waals surface area contributed by atoms with Crippen LogP contribution in [0, 0.1) is 0 Å². The van der Waals surface area contributed by atoms with Crippen LogP contribution in [0.15, 0.2) is 42.5 Å². The maximum atomic E-state index is 12.2. The summed E-state index contributed by atoms with van der Waals surface area (Å²) in [4.78, 5) is 23.6. The number of esters is 1. The molecule has 0 aliphatic heterocycles. The Bertz CT molecular complexity index is 911. The van der Waals surface area contributed by atoms with Crippen LogP contribution in [0.5, 0.6) is 0 Å². The molecule has 0 fully saturated rings. The van der Waals surface area contributed by atoms with E-state index in [1.54, 1.807) is 12.1 Å². The van der Waals surface area contributed by atoms with Gasteiger partial charge in [-0.25, -0.2) is 13.2 Å². The molecular weight excluding hydrogens is 368 g/mol. The largest absolute Gasteiger partial charge is 0.465 e. The summed E-state index contributed by atoms with van der Waals surface area (Å²) in [6, 6.07) is 10.4. The number of anilines is 2. The van der Waals surface area contributed by atoms with Gasteiger partial charge in [-0.15, -0.1) is 0 Å². The molecule has 0 spiro atoms. The fourth-order valence-corrected chi connectivity index (χ4v) is 2.81. The number of carbonyl (C=O) groups excluding carboxylic acids is 2. The van der Waals surface area contributed by atoms with Crippen LogP contribution < -0.4 is 10.0 Å². The zero-order valence-electron chi connectivity index (χ0n) is 13.4. The summed E-state index contributed by atoms with van der Waals surface area (Å²) in [6.07, 6.45) is 1.00. The molecule has 0 bridgehead atoms. The molecule has 2 aromatic rings. The summed E-state index contributed by atoms with van der Waals surface area (Å²) in [6.45, 7) is 0. The van der Waals surface area contributed by atoms with Gasteiger partial charge in [-0.2, -0.15) is 0 Å². The molecular formula is C16H15ClN2O5S. The molecule has 0 radical (unpaired) electrons. The topological polar surface area (TPSA) is 102 Å². The molecule has 9 heteroatoms. The monoisotopic (exact) mass is 382 g/mol. The first-order valence-corrected chi connectivity index (χ1v) is 9.23. The molecule has 0 atom stereocenters. The lowest BCUT2D eigenvalue weighted by atomic mass is 10.1. The number of carbonyl (C=O) groups is 2. The van der Waals surface area contributed by atoms with Crippen molar-refractivity contribution in [3.05, 3.63) is 58.6 Å². The number of hydrogen-bond donors (Lipinski definition) is 2. The van der Waals surface area contributed by atoms with E-state index in [0.29, 0.717) is 11.3 Å². The van der Waals surface area contributed by atoms with E-state index in [0.717, 1.165) is 6.26 Å². The molecule has 2 aromatic carbocycles. The Hall–Kier alpha value is -2.58. The van der Waals surface area contributed by atoms with Gasteiger partial charge < -0.3 is 10.1 Å². The van der Waals surface area contributed by atoms with E-state index in [2.05, 4.69) is 14.8 Å². The van der Waals surface area contributed by atoms with Crippen molar-refractivity contribution < 1.29 is 22.7 Å². The number of hydrogen-bond acceptors (Lipinski definition) is 5. The fraction of sp³-hybridized carbons (Fsp3) is 0.125.